The first kappa shape index (κ1) is 10.8. The zero-order chi connectivity index (χ0) is 11.7. The zero-order valence-electron chi connectivity index (χ0n) is 9.62. The Labute approximate surface area is 106 Å². The lowest BCUT2D eigenvalue weighted by molar-refractivity contribution is 0.619. The maximum Gasteiger partial charge on any atom is 0.0722 e. The van der Waals surface area contributed by atoms with E-state index in [1.807, 2.05) is 30.5 Å². The summed E-state index contributed by atoms with van der Waals surface area (Å²) in [6.45, 7) is 0.963. The van der Waals surface area contributed by atoms with E-state index in [9.17, 15) is 0 Å². The third kappa shape index (κ3) is 2.09. The Kier molecular flexibility index (Phi) is 2.67. The summed E-state index contributed by atoms with van der Waals surface area (Å²) < 4.78 is 0. The van der Waals surface area contributed by atoms with E-state index >= 15 is 0 Å². The third-order valence-electron chi connectivity index (χ3n) is 3.54. The summed E-state index contributed by atoms with van der Waals surface area (Å²) in [4.78, 5) is 4.36. The molecule has 0 atom stereocenters. The number of pyridine rings is 1. The van der Waals surface area contributed by atoms with Gasteiger partial charge in [0, 0.05) is 35.1 Å². The van der Waals surface area contributed by atoms with Gasteiger partial charge in [0.05, 0.1) is 5.52 Å². The number of fused-ring (bicyclic) bond motifs is 1. The van der Waals surface area contributed by atoms with Crippen LogP contribution in [0.4, 0.5) is 5.69 Å². The molecule has 0 spiro atoms. The minimum absolute atomic E-state index is 0.339. The van der Waals surface area contributed by atoms with Gasteiger partial charge in [-0.3, -0.25) is 4.98 Å². The number of benzene rings is 1. The van der Waals surface area contributed by atoms with Gasteiger partial charge in [0.15, 0.2) is 0 Å². The third-order valence-corrected chi connectivity index (χ3v) is 4.11. The Morgan fingerprint density at radius 2 is 2.06 bits per heavy atom. The number of alkyl halides is 1. The Hall–Kier alpha value is -1.28. The molecule has 1 aromatic heterocycles. The number of anilines is 1. The SMILES string of the molecule is ClCC1(CNc2ccnc3ccccc23)CC1. The number of rotatable bonds is 4. The van der Waals surface area contributed by atoms with Crippen LogP contribution in [-0.4, -0.2) is 17.4 Å². The molecule has 1 fully saturated rings. The highest BCUT2D eigenvalue weighted by Gasteiger charge is 2.41. The van der Waals surface area contributed by atoms with Gasteiger partial charge >= 0.3 is 0 Å². The average Bonchev–Trinajstić information content (AvgIpc) is 3.17. The van der Waals surface area contributed by atoms with Gasteiger partial charge < -0.3 is 5.32 Å². The Balaban J connectivity index is 1.85. The predicted octanol–water partition coefficient (Wildman–Crippen LogP) is 3.67. The molecule has 88 valence electrons. The molecule has 17 heavy (non-hydrogen) atoms. The summed E-state index contributed by atoms with van der Waals surface area (Å²) in [7, 11) is 0. The van der Waals surface area contributed by atoms with E-state index < -0.39 is 0 Å². The van der Waals surface area contributed by atoms with Gasteiger partial charge in [-0.2, -0.15) is 0 Å². The summed E-state index contributed by atoms with van der Waals surface area (Å²) in [6.07, 6.45) is 4.34. The highest BCUT2D eigenvalue weighted by atomic mass is 35.5. The lowest BCUT2D eigenvalue weighted by atomic mass is 10.1. The van der Waals surface area contributed by atoms with Crippen molar-refractivity contribution in [3.63, 3.8) is 0 Å². The molecule has 0 bridgehead atoms. The van der Waals surface area contributed by atoms with Gasteiger partial charge in [-0.15, -0.1) is 11.6 Å². The van der Waals surface area contributed by atoms with Crippen LogP contribution in [-0.2, 0) is 0 Å². The van der Waals surface area contributed by atoms with Crippen molar-refractivity contribution in [2.75, 3.05) is 17.7 Å². The molecule has 0 unspecified atom stereocenters. The summed E-state index contributed by atoms with van der Waals surface area (Å²) in [5.74, 6) is 0.753. The first-order valence-electron chi connectivity index (χ1n) is 5.97. The highest BCUT2D eigenvalue weighted by Crippen LogP contribution is 2.46. The average molecular weight is 247 g/mol. The molecule has 3 rings (SSSR count). The molecule has 0 aliphatic heterocycles. The fourth-order valence-corrected chi connectivity index (χ4v) is 2.43. The monoisotopic (exact) mass is 246 g/mol. The van der Waals surface area contributed by atoms with Crippen molar-refractivity contribution in [3.8, 4) is 0 Å². The molecular weight excluding hydrogens is 232 g/mol. The number of aromatic nitrogens is 1. The minimum Gasteiger partial charge on any atom is -0.384 e. The topological polar surface area (TPSA) is 24.9 Å². The molecule has 0 amide bonds. The smallest absolute Gasteiger partial charge is 0.0722 e. The maximum atomic E-state index is 5.99. The van der Waals surface area contributed by atoms with Crippen LogP contribution < -0.4 is 5.32 Å². The van der Waals surface area contributed by atoms with Gasteiger partial charge in [0.25, 0.3) is 0 Å². The van der Waals surface area contributed by atoms with Crippen molar-refractivity contribution in [2.45, 2.75) is 12.8 Å². The quantitative estimate of drug-likeness (QED) is 0.833. The number of nitrogens with zero attached hydrogens (tertiary/aromatic N) is 1. The molecule has 1 saturated carbocycles. The highest BCUT2D eigenvalue weighted by molar-refractivity contribution is 6.18. The molecule has 0 saturated heterocycles. The fraction of sp³-hybridized carbons (Fsp3) is 0.357. The largest absolute Gasteiger partial charge is 0.384 e. The van der Waals surface area contributed by atoms with Gasteiger partial charge in [-0.1, -0.05) is 18.2 Å². The number of nitrogens with one attached hydrogen (secondary N) is 1. The van der Waals surface area contributed by atoms with Crippen LogP contribution in [0, 0.1) is 5.41 Å². The molecule has 1 aliphatic rings. The van der Waals surface area contributed by atoms with Crippen LogP contribution in [0.5, 0.6) is 0 Å². The summed E-state index contributed by atoms with van der Waals surface area (Å²) in [5.41, 5.74) is 2.53. The number of hydrogen-bond donors (Lipinski definition) is 1. The van der Waals surface area contributed by atoms with Crippen LogP contribution in [0.15, 0.2) is 36.5 Å². The second kappa shape index (κ2) is 4.19. The van der Waals surface area contributed by atoms with Gasteiger partial charge in [-0.05, 0) is 25.0 Å². The van der Waals surface area contributed by atoms with Crippen LogP contribution >= 0.6 is 11.6 Å². The first-order valence-corrected chi connectivity index (χ1v) is 6.50. The van der Waals surface area contributed by atoms with E-state index in [1.54, 1.807) is 0 Å². The summed E-state index contributed by atoms with van der Waals surface area (Å²) >= 11 is 5.99. The fourth-order valence-electron chi connectivity index (χ4n) is 2.07. The van der Waals surface area contributed by atoms with Gasteiger partial charge in [0.2, 0.25) is 0 Å². The molecule has 1 aromatic carbocycles. The molecule has 1 aliphatic carbocycles. The predicted molar refractivity (Wildman–Crippen MR) is 72.6 cm³/mol. The lowest BCUT2D eigenvalue weighted by Crippen LogP contribution is -2.16. The minimum atomic E-state index is 0.339. The van der Waals surface area contributed by atoms with Crippen molar-refractivity contribution in [1.29, 1.82) is 0 Å². The second-order valence-electron chi connectivity index (χ2n) is 4.86. The molecule has 2 aromatic rings. The van der Waals surface area contributed by atoms with Crippen molar-refractivity contribution < 1.29 is 0 Å². The van der Waals surface area contributed by atoms with Crippen molar-refractivity contribution >= 4 is 28.2 Å². The zero-order valence-corrected chi connectivity index (χ0v) is 10.4. The normalized spacial score (nSPS) is 17.0. The van der Waals surface area contributed by atoms with E-state index in [-0.39, 0.29) is 0 Å². The van der Waals surface area contributed by atoms with Crippen LogP contribution in [0.3, 0.4) is 0 Å². The number of hydrogen-bond acceptors (Lipinski definition) is 2. The van der Waals surface area contributed by atoms with E-state index in [0.717, 1.165) is 23.6 Å². The van der Waals surface area contributed by atoms with Crippen molar-refractivity contribution in [3.05, 3.63) is 36.5 Å². The molecule has 1 heterocycles. The van der Waals surface area contributed by atoms with Crippen LogP contribution in [0.1, 0.15) is 12.8 Å². The van der Waals surface area contributed by atoms with Gasteiger partial charge in [0.1, 0.15) is 0 Å². The second-order valence-corrected chi connectivity index (χ2v) is 5.13. The van der Waals surface area contributed by atoms with E-state index in [0.29, 0.717) is 5.41 Å². The standard InChI is InChI=1S/C14H15ClN2/c15-9-14(6-7-14)10-17-13-5-8-16-12-4-2-1-3-11(12)13/h1-5,8H,6-7,9-10H2,(H,16,17). The summed E-state index contributed by atoms with van der Waals surface area (Å²) in [6, 6.07) is 10.2. The maximum absolute atomic E-state index is 5.99. The van der Waals surface area contributed by atoms with Crippen LogP contribution in [0.2, 0.25) is 0 Å². The Morgan fingerprint density at radius 1 is 1.24 bits per heavy atom. The lowest BCUT2D eigenvalue weighted by Gasteiger charge is -2.14. The molecule has 0 radical (unpaired) electrons. The summed E-state index contributed by atoms with van der Waals surface area (Å²) in [5, 5.41) is 4.70. The van der Waals surface area contributed by atoms with E-state index in [2.05, 4.69) is 16.4 Å². The van der Waals surface area contributed by atoms with Crippen molar-refractivity contribution in [2.24, 2.45) is 5.41 Å². The molecule has 3 heteroatoms. The van der Waals surface area contributed by atoms with Gasteiger partial charge in [-0.25, -0.2) is 0 Å². The number of para-hydroxylation sites is 1. The van der Waals surface area contributed by atoms with E-state index in [1.165, 1.54) is 18.2 Å². The molecule has 2 nitrogen and oxygen atoms in total. The molecular formula is C14H15ClN2. The van der Waals surface area contributed by atoms with E-state index in [4.69, 9.17) is 11.6 Å². The van der Waals surface area contributed by atoms with Crippen LogP contribution in [0.25, 0.3) is 10.9 Å². The molecule has 1 N–H and O–H groups in total. The first-order chi connectivity index (χ1) is 8.33. The Bertz CT molecular complexity index is 529. The number of halogens is 1. The van der Waals surface area contributed by atoms with Crippen molar-refractivity contribution in [1.82, 2.24) is 4.98 Å². The Morgan fingerprint density at radius 3 is 2.82 bits per heavy atom.